The van der Waals surface area contributed by atoms with Gasteiger partial charge in [-0.25, -0.2) is 0 Å². The van der Waals surface area contributed by atoms with Gasteiger partial charge in [0, 0.05) is 0 Å². The highest BCUT2D eigenvalue weighted by atomic mass is 35.6. The van der Waals surface area contributed by atoms with Crippen LogP contribution in [0.1, 0.15) is 12.5 Å². The van der Waals surface area contributed by atoms with E-state index in [0.717, 1.165) is 5.56 Å². The van der Waals surface area contributed by atoms with Gasteiger partial charge in [-0.2, -0.15) is 0 Å². The summed E-state index contributed by atoms with van der Waals surface area (Å²) in [6, 6.07) is 9.52. The normalized spacial score (nSPS) is 10.2. The highest BCUT2D eigenvalue weighted by Gasteiger charge is 2.07. The molecule has 0 fully saturated rings. The number of halogens is 3. The number of rotatable bonds is 1. The molecule has 0 spiro atoms. The van der Waals surface area contributed by atoms with E-state index in [9.17, 15) is 0 Å². The number of benzene rings is 1. The topological polar surface area (TPSA) is 20.2 Å². The molecule has 0 saturated carbocycles. The van der Waals surface area contributed by atoms with Crippen LogP contribution in [0, 0.1) is 0 Å². The zero-order valence-electron chi connectivity index (χ0n) is 7.17. The van der Waals surface area contributed by atoms with Crippen LogP contribution in [0.15, 0.2) is 30.3 Å². The number of aliphatic hydroxyl groups is 1. The Morgan fingerprint density at radius 1 is 1.15 bits per heavy atom. The second-order valence-electron chi connectivity index (χ2n) is 2.42. The quantitative estimate of drug-likeness (QED) is 0.746. The van der Waals surface area contributed by atoms with E-state index in [2.05, 4.69) is 0 Å². The Kier molecular flexibility index (Phi) is 6.52. The minimum atomic E-state index is -1.08. The maximum Gasteiger partial charge on any atom is 0.187 e. The summed E-state index contributed by atoms with van der Waals surface area (Å²) in [7, 11) is 0. The lowest BCUT2D eigenvalue weighted by Crippen LogP contribution is -1.87. The Bertz CT molecular complexity index is 212. The molecule has 1 aromatic carbocycles. The maximum atomic E-state index is 8.54. The van der Waals surface area contributed by atoms with Crippen LogP contribution in [0.4, 0.5) is 0 Å². The van der Waals surface area contributed by atoms with Gasteiger partial charge in [0.2, 0.25) is 0 Å². The van der Waals surface area contributed by atoms with Crippen molar-refractivity contribution in [3.05, 3.63) is 35.9 Å². The largest absolute Gasteiger partial charge is 0.392 e. The van der Waals surface area contributed by atoms with Crippen molar-refractivity contribution in [1.29, 1.82) is 0 Å². The summed E-state index contributed by atoms with van der Waals surface area (Å²) in [5.41, 5.74) is 0.965. The van der Waals surface area contributed by atoms with E-state index < -0.39 is 3.79 Å². The van der Waals surface area contributed by atoms with Crippen LogP contribution in [0.3, 0.4) is 0 Å². The van der Waals surface area contributed by atoms with E-state index in [4.69, 9.17) is 39.9 Å². The van der Waals surface area contributed by atoms with Crippen LogP contribution in [0.5, 0.6) is 0 Å². The van der Waals surface area contributed by atoms with Crippen molar-refractivity contribution in [2.24, 2.45) is 0 Å². The van der Waals surface area contributed by atoms with Crippen molar-refractivity contribution >= 4 is 34.8 Å². The molecule has 1 nitrogen and oxygen atoms in total. The van der Waals surface area contributed by atoms with Gasteiger partial charge < -0.3 is 5.11 Å². The molecule has 0 aliphatic heterocycles. The predicted molar refractivity (Wildman–Crippen MR) is 58.3 cm³/mol. The fourth-order valence-corrected chi connectivity index (χ4v) is 0.583. The predicted octanol–water partition coefficient (Wildman–Crippen LogP) is 3.56. The van der Waals surface area contributed by atoms with Crippen molar-refractivity contribution in [2.75, 3.05) is 0 Å². The summed E-state index contributed by atoms with van der Waals surface area (Å²) in [4.78, 5) is 0. The summed E-state index contributed by atoms with van der Waals surface area (Å²) >= 11 is 15.2. The number of hydrogen-bond acceptors (Lipinski definition) is 1. The van der Waals surface area contributed by atoms with Crippen LogP contribution in [-0.4, -0.2) is 8.90 Å². The third-order valence-electron chi connectivity index (χ3n) is 1.03. The Morgan fingerprint density at radius 2 is 1.54 bits per heavy atom. The molecule has 0 saturated heterocycles. The molecule has 74 valence electrons. The second kappa shape index (κ2) is 6.50. The first kappa shape index (κ1) is 13.1. The van der Waals surface area contributed by atoms with Crippen LogP contribution >= 0.6 is 34.8 Å². The van der Waals surface area contributed by atoms with Gasteiger partial charge in [-0.3, -0.25) is 0 Å². The molecule has 0 radical (unpaired) electrons. The molecular weight excluding hydrogens is 230 g/mol. The van der Waals surface area contributed by atoms with Gasteiger partial charge in [-0.1, -0.05) is 65.1 Å². The zero-order chi connectivity index (χ0) is 10.3. The zero-order valence-corrected chi connectivity index (χ0v) is 9.44. The van der Waals surface area contributed by atoms with E-state index in [-0.39, 0.29) is 6.61 Å². The molecular formula is C9H11Cl3O. The lowest BCUT2D eigenvalue weighted by Gasteiger charge is -1.94. The van der Waals surface area contributed by atoms with E-state index in [0.29, 0.717) is 0 Å². The van der Waals surface area contributed by atoms with Gasteiger partial charge in [0.1, 0.15) is 0 Å². The summed E-state index contributed by atoms with van der Waals surface area (Å²) < 4.78 is -1.08. The first-order valence-electron chi connectivity index (χ1n) is 3.65. The monoisotopic (exact) mass is 240 g/mol. The Balaban J connectivity index is 0.000000252. The minimum absolute atomic E-state index is 0.140. The Hall–Kier alpha value is 0.0500. The molecule has 0 aliphatic carbocycles. The summed E-state index contributed by atoms with van der Waals surface area (Å²) in [5, 5.41) is 8.54. The molecule has 0 amide bonds. The SMILES string of the molecule is CC(Cl)(Cl)Cl.OCc1ccccc1. The molecule has 4 heteroatoms. The smallest absolute Gasteiger partial charge is 0.187 e. The van der Waals surface area contributed by atoms with Gasteiger partial charge in [-0.05, 0) is 12.5 Å². The average molecular weight is 242 g/mol. The highest BCUT2D eigenvalue weighted by Crippen LogP contribution is 2.23. The molecule has 13 heavy (non-hydrogen) atoms. The van der Waals surface area contributed by atoms with E-state index >= 15 is 0 Å². The fraction of sp³-hybridized carbons (Fsp3) is 0.333. The van der Waals surface area contributed by atoms with Crippen LogP contribution in [-0.2, 0) is 6.61 Å². The number of aliphatic hydroxyl groups excluding tert-OH is 1. The number of alkyl halides is 3. The van der Waals surface area contributed by atoms with Crippen LogP contribution in [0.2, 0.25) is 0 Å². The van der Waals surface area contributed by atoms with E-state index in [1.807, 2.05) is 30.3 Å². The maximum absolute atomic E-state index is 8.54. The fourth-order valence-electron chi connectivity index (χ4n) is 0.583. The van der Waals surface area contributed by atoms with Crippen molar-refractivity contribution in [1.82, 2.24) is 0 Å². The van der Waals surface area contributed by atoms with E-state index in [1.165, 1.54) is 6.92 Å². The van der Waals surface area contributed by atoms with Gasteiger partial charge in [0.25, 0.3) is 0 Å². The average Bonchev–Trinajstić information content (AvgIpc) is 2.03. The first-order chi connectivity index (χ1) is 5.93. The van der Waals surface area contributed by atoms with Crippen molar-refractivity contribution in [3.8, 4) is 0 Å². The Morgan fingerprint density at radius 3 is 1.77 bits per heavy atom. The molecule has 0 unspecified atom stereocenters. The summed E-state index contributed by atoms with van der Waals surface area (Å²) in [6.07, 6.45) is 0. The molecule has 0 atom stereocenters. The van der Waals surface area contributed by atoms with E-state index in [1.54, 1.807) is 0 Å². The number of hydrogen-bond donors (Lipinski definition) is 1. The minimum Gasteiger partial charge on any atom is -0.392 e. The molecule has 1 rings (SSSR count). The van der Waals surface area contributed by atoms with Gasteiger partial charge >= 0.3 is 0 Å². The third-order valence-corrected chi connectivity index (χ3v) is 1.03. The lowest BCUT2D eigenvalue weighted by molar-refractivity contribution is 0.282. The standard InChI is InChI=1S/C7H8O.C2H3Cl3/c8-6-7-4-2-1-3-5-7;1-2(3,4)5/h1-5,8H,6H2;1H3. The van der Waals surface area contributed by atoms with Crippen molar-refractivity contribution in [3.63, 3.8) is 0 Å². The van der Waals surface area contributed by atoms with Gasteiger partial charge in [0.15, 0.2) is 3.79 Å². The summed E-state index contributed by atoms with van der Waals surface area (Å²) in [5.74, 6) is 0. The third kappa shape index (κ3) is 12.1. The van der Waals surface area contributed by atoms with Crippen LogP contribution in [0.25, 0.3) is 0 Å². The summed E-state index contributed by atoms with van der Waals surface area (Å²) in [6.45, 7) is 1.62. The molecule has 1 aromatic rings. The van der Waals surface area contributed by atoms with Gasteiger partial charge in [-0.15, -0.1) is 0 Å². The van der Waals surface area contributed by atoms with Crippen LogP contribution < -0.4 is 0 Å². The molecule has 0 bridgehead atoms. The second-order valence-corrected chi connectivity index (χ2v) is 5.27. The molecule has 0 heterocycles. The Labute approximate surface area is 93.2 Å². The van der Waals surface area contributed by atoms with Crippen molar-refractivity contribution < 1.29 is 5.11 Å². The van der Waals surface area contributed by atoms with Crippen molar-refractivity contribution in [2.45, 2.75) is 17.3 Å². The highest BCUT2D eigenvalue weighted by molar-refractivity contribution is 6.67. The lowest BCUT2D eigenvalue weighted by atomic mass is 10.2. The molecule has 0 aromatic heterocycles. The molecule has 0 aliphatic rings. The van der Waals surface area contributed by atoms with Gasteiger partial charge in [0.05, 0.1) is 6.61 Å². The first-order valence-corrected chi connectivity index (χ1v) is 4.78. The molecule has 1 N–H and O–H groups in total.